The van der Waals surface area contributed by atoms with Crippen LogP contribution in [-0.4, -0.2) is 37.1 Å². The second-order valence-electron chi connectivity index (χ2n) is 6.23. The number of nitrogens with one attached hydrogen (secondary N) is 2. The van der Waals surface area contributed by atoms with E-state index >= 15 is 0 Å². The van der Waals surface area contributed by atoms with Gasteiger partial charge in [0.25, 0.3) is 11.8 Å². The molecule has 29 heavy (non-hydrogen) atoms. The maximum atomic E-state index is 12.7. The zero-order chi connectivity index (χ0) is 21.0. The molecule has 1 aliphatic heterocycles. The van der Waals surface area contributed by atoms with Crippen LogP contribution in [0.2, 0.25) is 0 Å². The molecule has 0 radical (unpaired) electrons. The molecule has 2 N–H and O–H groups in total. The van der Waals surface area contributed by atoms with E-state index in [1.807, 2.05) is 6.92 Å². The first-order chi connectivity index (χ1) is 13.9. The summed E-state index contributed by atoms with van der Waals surface area (Å²) in [5, 5.41) is 5.82. The number of amides is 5. The van der Waals surface area contributed by atoms with Gasteiger partial charge in [0.2, 0.25) is 5.91 Å². The highest BCUT2D eigenvalue weighted by Gasteiger charge is 2.40. The Morgan fingerprint density at radius 2 is 1.76 bits per heavy atom. The molecule has 148 valence electrons. The number of ether oxygens (including phenoxy) is 1. The molecule has 9 nitrogen and oxygen atoms in total. The Hall–Kier alpha value is -4.01. The van der Waals surface area contributed by atoms with E-state index in [0.29, 0.717) is 17.0 Å². The minimum Gasteiger partial charge on any atom is -0.497 e. The predicted octanol–water partition coefficient (Wildman–Crippen LogP) is 1.62. The molecular formula is C20H18N4O5. The van der Waals surface area contributed by atoms with Crippen LogP contribution in [-0.2, 0) is 9.59 Å². The zero-order valence-electron chi connectivity index (χ0n) is 15.7. The number of methoxy groups -OCH3 is 1. The highest BCUT2D eigenvalue weighted by molar-refractivity contribution is 6.32. The van der Waals surface area contributed by atoms with Crippen molar-refractivity contribution in [2.75, 3.05) is 12.0 Å². The summed E-state index contributed by atoms with van der Waals surface area (Å²) < 4.78 is 5.02. The molecule has 1 saturated heterocycles. The van der Waals surface area contributed by atoms with E-state index in [1.165, 1.54) is 7.11 Å². The first-order valence-corrected chi connectivity index (χ1v) is 8.63. The van der Waals surface area contributed by atoms with Crippen LogP contribution in [0, 0.1) is 12.8 Å². The van der Waals surface area contributed by atoms with Crippen LogP contribution in [0.15, 0.2) is 53.6 Å². The fourth-order valence-corrected chi connectivity index (χ4v) is 2.64. The summed E-state index contributed by atoms with van der Waals surface area (Å²) >= 11 is 0. The summed E-state index contributed by atoms with van der Waals surface area (Å²) in [6.45, 7) is 1.87. The lowest BCUT2D eigenvalue weighted by Crippen LogP contribution is -2.58. The Morgan fingerprint density at radius 3 is 2.38 bits per heavy atom. The van der Waals surface area contributed by atoms with Crippen LogP contribution in [0.1, 0.15) is 15.9 Å². The van der Waals surface area contributed by atoms with E-state index in [9.17, 15) is 19.2 Å². The Morgan fingerprint density at radius 1 is 1.10 bits per heavy atom. The number of urea groups is 1. The van der Waals surface area contributed by atoms with Gasteiger partial charge in [-0.2, -0.15) is 5.10 Å². The number of aryl methyl sites for hydroxylation is 1. The molecule has 0 spiro atoms. The highest BCUT2D eigenvalue weighted by atomic mass is 16.5. The quantitative estimate of drug-likeness (QED) is 0.454. The van der Waals surface area contributed by atoms with Gasteiger partial charge in [-0.1, -0.05) is 17.7 Å². The number of hydrogen-bond acceptors (Lipinski definition) is 6. The lowest BCUT2D eigenvalue weighted by Gasteiger charge is -2.28. The van der Waals surface area contributed by atoms with E-state index < -0.39 is 29.7 Å². The highest BCUT2D eigenvalue weighted by Crippen LogP contribution is 2.20. The van der Waals surface area contributed by atoms with Gasteiger partial charge in [0.15, 0.2) is 5.92 Å². The third kappa shape index (κ3) is 4.29. The fraction of sp³-hybridized carbons (Fsp3) is 0.150. The largest absolute Gasteiger partial charge is 0.497 e. The first-order valence-electron chi connectivity index (χ1n) is 8.63. The van der Waals surface area contributed by atoms with E-state index in [1.54, 1.807) is 48.5 Å². The molecule has 0 unspecified atom stereocenters. The van der Waals surface area contributed by atoms with Crippen LogP contribution in [0.25, 0.3) is 0 Å². The van der Waals surface area contributed by atoms with Crippen molar-refractivity contribution in [3.05, 3.63) is 59.7 Å². The van der Waals surface area contributed by atoms with Gasteiger partial charge in [-0.3, -0.25) is 19.7 Å². The van der Waals surface area contributed by atoms with Crippen LogP contribution in [0.3, 0.4) is 0 Å². The summed E-state index contributed by atoms with van der Waals surface area (Å²) in [5.74, 6) is -2.87. The number of rotatable bonds is 5. The number of imide groups is 2. The van der Waals surface area contributed by atoms with Crippen molar-refractivity contribution < 1.29 is 23.9 Å². The van der Waals surface area contributed by atoms with Gasteiger partial charge in [-0.05, 0) is 43.3 Å². The maximum absolute atomic E-state index is 12.7. The van der Waals surface area contributed by atoms with Crippen molar-refractivity contribution in [1.29, 1.82) is 0 Å². The molecule has 0 aromatic heterocycles. The predicted molar refractivity (Wildman–Crippen MR) is 105 cm³/mol. The molecule has 1 heterocycles. The van der Waals surface area contributed by atoms with E-state index in [2.05, 4.69) is 15.8 Å². The SMILES string of the molecule is COc1ccc(C(=O)N/N=C\[C@H]2C(=O)NC(=O)N(c3ccc(C)cc3)C2=O)cc1. The average Bonchev–Trinajstić information content (AvgIpc) is 2.71. The lowest BCUT2D eigenvalue weighted by atomic mass is 10.1. The van der Waals surface area contributed by atoms with Gasteiger partial charge in [-0.15, -0.1) is 0 Å². The number of nitrogens with zero attached hydrogens (tertiary/aromatic N) is 2. The molecule has 1 fully saturated rings. The second-order valence-corrected chi connectivity index (χ2v) is 6.23. The van der Waals surface area contributed by atoms with Crippen molar-refractivity contribution in [2.45, 2.75) is 6.92 Å². The normalized spacial score (nSPS) is 16.7. The van der Waals surface area contributed by atoms with E-state index in [4.69, 9.17) is 4.74 Å². The molecule has 1 atom stereocenters. The molecule has 2 aromatic carbocycles. The summed E-state index contributed by atoms with van der Waals surface area (Å²) in [7, 11) is 1.51. The number of barbiturate groups is 1. The Kier molecular flexibility index (Phi) is 5.68. The molecule has 9 heteroatoms. The van der Waals surface area contributed by atoms with Crippen LogP contribution < -0.4 is 20.4 Å². The van der Waals surface area contributed by atoms with Crippen molar-refractivity contribution in [3.63, 3.8) is 0 Å². The van der Waals surface area contributed by atoms with Gasteiger partial charge in [0, 0.05) is 11.8 Å². The fourth-order valence-electron chi connectivity index (χ4n) is 2.64. The maximum Gasteiger partial charge on any atom is 0.335 e. The van der Waals surface area contributed by atoms with Gasteiger partial charge in [-0.25, -0.2) is 15.1 Å². The molecule has 0 bridgehead atoms. The van der Waals surface area contributed by atoms with E-state index in [-0.39, 0.29) is 0 Å². The number of carbonyl (C=O) groups is 4. The molecule has 0 saturated carbocycles. The monoisotopic (exact) mass is 394 g/mol. The Balaban J connectivity index is 1.72. The lowest BCUT2D eigenvalue weighted by molar-refractivity contribution is -0.131. The van der Waals surface area contributed by atoms with Crippen molar-refractivity contribution in [1.82, 2.24) is 10.7 Å². The molecular weight excluding hydrogens is 376 g/mol. The second kappa shape index (κ2) is 8.34. The third-order valence-electron chi connectivity index (χ3n) is 4.24. The van der Waals surface area contributed by atoms with E-state index in [0.717, 1.165) is 16.7 Å². The summed E-state index contributed by atoms with van der Waals surface area (Å²) in [6.07, 6.45) is 0.993. The molecule has 0 aliphatic carbocycles. The van der Waals surface area contributed by atoms with Gasteiger partial charge >= 0.3 is 6.03 Å². The van der Waals surface area contributed by atoms with Crippen LogP contribution in [0.5, 0.6) is 5.75 Å². The summed E-state index contributed by atoms with van der Waals surface area (Å²) in [4.78, 5) is 49.8. The Labute approximate surface area is 166 Å². The molecule has 2 aromatic rings. The number of benzene rings is 2. The van der Waals surface area contributed by atoms with Crippen molar-refractivity contribution >= 4 is 35.7 Å². The minimum atomic E-state index is -1.36. The Bertz CT molecular complexity index is 983. The minimum absolute atomic E-state index is 0.318. The van der Waals surface area contributed by atoms with Gasteiger partial charge in [0.05, 0.1) is 12.8 Å². The number of anilines is 1. The van der Waals surface area contributed by atoms with Crippen LogP contribution in [0.4, 0.5) is 10.5 Å². The van der Waals surface area contributed by atoms with Gasteiger partial charge in [0.1, 0.15) is 5.75 Å². The smallest absolute Gasteiger partial charge is 0.335 e. The summed E-state index contributed by atoms with van der Waals surface area (Å²) in [5.41, 5.74) is 3.85. The molecule has 5 amide bonds. The molecule has 3 rings (SSSR count). The number of hydrogen-bond donors (Lipinski definition) is 2. The topological polar surface area (TPSA) is 117 Å². The van der Waals surface area contributed by atoms with Crippen LogP contribution >= 0.6 is 0 Å². The molecule has 1 aliphatic rings. The third-order valence-corrected chi connectivity index (χ3v) is 4.24. The summed E-state index contributed by atoms with van der Waals surface area (Å²) in [6, 6.07) is 12.2. The zero-order valence-corrected chi connectivity index (χ0v) is 15.7. The first kappa shape index (κ1) is 19.7. The average molecular weight is 394 g/mol. The standard InChI is InChI=1S/C20H18N4O5/c1-12-3-7-14(8-4-12)24-19(27)16(18(26)22-20(24)28)11-21-23-17(25)13-5-9-15(29-2)10-6-13/h3-11,16H,1-2H3,(H,23,25)(H,22,26,28)/b21-11-/t16-/m0/s1. The van der Waals surface area contributed by atoms with Gasteiger partial charge < -0.3 is 4.74 Å². The van der Waals surface area contributed by atoms with Crippen molar-refractivity contribution in [3.8, 4) is 5.75 Å². The van der Waals surface area contributed by atoms with Crippen molar-refractivity contribution in [2.24, 2.45) is 11.0 Å². The number of carbonyl (C=O) groups excluding carboxylic acids is 4. The number of hydrazone groups is 1.